The Morgan fingerprint density at radius 2 is 2.00 bits per heavy atom. The minimum absolute atomic E-state index is 0.0465. The number of benzene rings is 2. The van der Waals surface area contributed by atoms with E-state index in [9.17, 15) is 4.79 Å². The average Bonchev–Trinajstić information content (AvgIpc) is 2.55. The standard InChI is InChI=1S/C18H18ClN3O/c1-12(20-10-9-13-5-3-2-4-6-13)17-21-16-11-14(19)7-8-15(16)18(23)22-17/h2-8,11-12,20H,9-10H2,1H3,(H,21,22,23)/t12-/m0/s1. The van der Waals surface area contributed by atoms with Crippen LogP contribution in [0.1, 0.15) is 24.4 Å². The highest BCUT2D eigenvalue weighted by molar-refractivity contribution is 6.31. The first-order chi connectivity index (χ1) is 11.1. The summed E-state index contributed by atoms with van der Waals surface area (Å²) in [6.45, 7) is 2.79. The van der Waals surface area contributed by atoms with Crippen LogP contribution < -0.4 is 10.9 Å². The van der Waals surface area contributed by atoms with E-state index in [4.69, 9.17) is 11.6 Å². The Bertz CT molecular complexity index is 861. The van der Waals surface area contributed by atoms with E-state index in [0.717, 1.165) is 13.0 Å². The third-order valence-electron chi connectivity index (χ3n) is 3.80. The van der Waals surface area contributed by atoms with E-state index in [1.807, 2.05) is 25.1 Å². The van der Waals surface area contributed by atoms with Gasteiger partial charge in [-0.15, -0.1) is 0 Å². The lowest BCUT2D eigenvalue weighted by atomic mass is 10.1. The Morgan fingerprint density at radius 3 is 2.78 bits per heavy atom. The Kier molecular flexibility index (Phi) is 4.74. The molecule has 0 amide bonds. The van der Waals surface area contributed by atoms with Crippen LogP contribution in [0.25, 0.3) is 10.9 Å². The molecule has 1 heterocycles. The fourth-order valence-electron chi connectivity index (χ4n) is 2.51. The van der Waals surface area contributed by atoms with Gasteiger partial charge in [0, 0.05) is 5.02 Å². The van der Waals surface area contributed by atoms with Crippen molar-refractivity contribution in [2.75, 3.05) is 6.54 Å². The smallest absolute Gasteiger partial charge is 0.258 e. The van der Waals surface area contributed by atoms with Crippen molar-refractivity contribution in [1.82, 2.24) is 15.3 Å². The molecule has 0 spiro atoms. The number of nitrogens with zero attached hydrogens (tertiary/aromatic N) is 1. The lowest BCUT2D eigenvalue weighted by molar-refractivity contribution is 0.549. The zero-order chi connectivity index (χ0) is 16.2. The van der Waals surface area contributed by atoms with E-state index in [1.165, 1.54) is 5.56 Å². The molecule has 3 rings (SSSR count). The van der Waals surface area contributed by atoms with Gasteiger partial charge in [-0.25, -0.2) is 4.98 Å². The average molecular weight is 328 g/mol. The molecule has 4 nitrogen and oxygen atoms in total. The second-order valence-corrected chi connectivity index (χ2v) is 5.96. The molecule has 0 radical (unpaired) electrons. The van der Waals surface area contributed by atoms with Gasteiger partial charge in [0.1, 0.15) is 5.82 Å². The zero-order valence-corrected chi connectivity index (χ0v) is 13.6. The maximum absolute atomic E-state index is 12.1. The molecule has 23 heavy (non-hydrogen) atoms. The summed E-state index contributed by atoms with van der Waals surface area (Å²) in [7, 11) is 0. The Labute approximate surface area is 139 Å². The van der Waals surface area contributed by atoms with Crippen LogP contribution in [0.3, 0.4) is 0 Å². The van der Waals surface area contributed by atoms with E-state index >= 15 is 0 Å². The first kappa shape index (κ1) is 15.7. The SMILES string of the molecule is C[C@H](NCCc1ccccc1)c1nc2cc(Cl)ccc2c(=O)[nH]1. The molecular weight excluding hydrogens is 310 g/mol. The van der Waals surface area contributed by atoms with Crippen molar-refractivity contribution in [3.63, 3.8) is 0 Å². The number of nitrogens with one attached hydrogen (secondary N) is 2. The number of aromatic amines is 1. The molecule has 0 saturated heterocycles. The molecule has 0 bridgehead atoms. The van der Waals surface area contributed by atoms with Crippen LogP contribution in [0.5, 0.6) is 0 Å². The van der Waals surface area contributed by atoms with Gasteiger partial charge in [0.15, 0.2) is 0 Å². The summed E-state index contributed by atoms with van der Waals surface area (Å²) in [5.74, 6) is 0.623. The molecule has 0 aliphatic heterocycles. The summed E-state index contributed by atoms with van der Waals surface area (Å²) in [6.07, 6.45) is 0.925. The molecule has 0 aliphatic carbocycles. The number of H-pyrrole nitrogens is 1. The van der Waals surface area contributed by atoms with Crippen LogP contribution in [-0.4, -0.2) is 16.5 Å². The second-order valence-electron chi connectivity index (χ2n) is 5.52. The van der Waals surface area contributed by atoms with Crippen molar-refractivity contribution in [3.8, 4) is 0 Å². The lowest BCUT2D eigenvalue weighted by Crippen LogP contribution is -2.25. The van der Waals surface area contributed by atoms with Crippen molar-refractivity contribution >= 4 is 22.5 Å². The first-order valence-electron chi connectivity index (χ1n) is 7.60. The summed E-state index contributed by atoms with van der Waals surface area (Å²) in [6, 6.07) is 15.3. The minimum atomic E-state index is -0.140. The summed E-state index contributed by atoms with van der Waals surface area (Å²) in [4.78, 5) is 19.5. The van der Waals surface area contributed by atoms with Gasteiger partial charge in [0.05, 0.1) is 16.9 Å². The number of rotatable bonds is 5. The summed E-state index contributed by atoms with van der Waals surface area (Å²) < 4.78 is 0. The molecule has 2 aromatic carbocycles. The normalized spacial score (nSPS) is 12.4. The number of aromatic nitrogens is 2. The lowest BCUT2D eigenvalue weighted by Gasteiger charge is -2.13. The van der Waals surface area contributed by atoms with E-state index < -0.39 is 0 Å². The van der Waals surface area contributed by atoms with E-state index in [2.05, 4.69) is 27.4 Å². The Balaban J connectivity index is 1.73. The quantitative estimate of drug-likeness (QED) is 0.754. The molecular formula is C18H18ClN3O. The highest BCUT2D eigenvalue weighted by Gasteiger charge is 2.10. The number of hydrogen-bond acceptors (Lipinski definition) is 3. The van der Waals surface area contributed by atoms with Gasteiger partial charge in [-0.1, -0.05) is 41.9 Å². The van der Waals surface area contributed by atoms with Crippen molar-refractivity contribution in [2.45, 2.75) is 19.4 Å². The largest absolute Gasteiger partial charge is 0.309 e. The summed E-state index contributed by atoms with van der Waals surface area (Å²) >= 11 is 5.99. The van der Waals surface area contributed by atoms with E-state index in [1.54, 1.807) is 18.2 Å². The van der Waals surface area contributed by atoms with Crippen LogP contribution >= 0.6 is 11.6 Å². The van der Waals surface area contributed by atoms with Crippen molar-refractivity contribution in [1.29, 1.82) is 0 Å². The maximum Gasteiger partial charge on any atom is 0.258 e. The molecule has 3 aromatic rings. The monoisotopic (exact) mass is 327 g/mol. The van der Waals surface area contributed by atoms with Gasteiger partial charge in [-0.3, -0.25) is 4.79 Å². The maximum atomic E-state index is 12.1. The van der Waals surface area contributed by atoms with Gasteiger partial charge in [-0.2, -0.15) is 0 Å². The molecule has 5 heteroatoms. The molecule has 0 fully saturated rings. The summed E-state index contributed by atoms with van der Waals surface area (Å²) in [5, 5.41) is 4.51. The second kappa shape index (κ2) is 6.94. The fraction of sp³-hybridized carbons (Fsp3) is 0.222. The third-order valence-corrected chi connectivity index (χ3v) is 4.04. The van der Waals surface area contributed by atoms with Gasteiger partial charge < -0.3 is 10.3 Å². The van der Waals surface area contributed by atoms with E-state index in [0.29, 0.717) is 21.7 Å². The molecule has 0 unspecified atom stereocenters. The van der Waals surface area contributed by atoms with Crippen LogP contribution in [0, 0.1) is 0 Å². The van der Waals surface area contributed by atoms with Gasteiger partial charge >= 0.3 is 0 Å². The van der Waals surface area contributed by atoms with Crippen molar-refractivity contribution in [2.24, 2.45) is 0 Å². The summed E-state index contributed by atoms with van der Waals surface area (Å²) in [5.41, 5.74) is 1.75. The number of hydrogen-bond donors (Lipinski definition) is 2. The van der Waals surface area contributed by atoms with Gasteiger partial charge in [0.2, 0.25) is 0 Å². The predicted molar refractivity (Wildman–Crippen MR) is 93.9 cm³/mol. The van der Waals surface area contributed by atoms with Gasteiger partial charge in [-0.05, 0) is 43.7 Å². The zero-order valence-electron chi connectivity index (χ0n) is 12.8. The Morgan fingerprint density at radius 1 is 1.22 bits per heavy atom. The fourth-order valence-corrected chi connectivity index (χ4v) is 2.68. The highest BCUT2D eigenvalue weighted by Crippen LogP contribution is 2.16. The van der Waals surface area contributed by atoms with Crippen LogP contribution in [0.15, 0.2) is 53.3 Å². The highest BCUT2D eigenvalue weighted by atomic mass is 35.5. The third kappa shape index (κ3) is 3.78. The van der Waals surface area contributed by atoms with Crippen molar-refractivity contribution < 1.29 is 0 Å². The topological polar surface area (TPSA) is 57.8 Å². The van der Waals surface area contributed by atoms with Crippen LogP contribution in [0.2, 0.25) is 5.02 Å². The molecule has 0 saturated carbocycles. The van der Waals surface area contributed by atoms with Crippen LogP contribution in [0.4, 0.5) is 0 Å². The molecule has 1 atom stereocenters. The van der Waals surface area contributed by atoms with Gasteiger partial charge in [0.25, 0.3) is 5.56 Å². The predicted octanol–water partition coefficient (Wildman–Crippen LogP) is 3.47. The van der Waals surface area contributed by atoms with Crippen molar-refractivity contribution in [3.05, 3.63) is 75.3 Å². The minimum Gasteiger partial charge on any atom is -0.309 e. The molecule has 1 aromatic heterocycles. The molecule has 2 N–H and O–H groups in total. The molecule has 118 valence electrons. The molecule has 0 aliphatic rings. The van der Waals surface area contributed by atoms with E-state index in [-0.39, 0.29) is 11.6 Å². The number of fused-ring (bicyclic) bond motifs is 1. The number of halogens is 1. The van der Waals surface area contributed by atoms with Crippen LogP contribution in [-0.2, 0) is 6.42 Å². The first-order valence-corrected chi connectivity index (χ1v) is 7.98. The Hall–Kier alpha value is -2.17.